The summed E-state index contributed by atoms with van der Waals surface area (Å²) in [6.45, 7) is 5.52. The monoisotopic (exact) mass is 190 g/mol. The van der Waals surface area contributed by atoms with Crippen LogP contribution < -0.4 is 0 Å². The Morgan fingerprint density at radius 2 is 2.00 bits per heavy atom. The highest BCUT2D eigenvalue weighted by molar-refractivity contribution is 4.53. The first-order chi connectivity index (χ1) is 6.20. The second-order valence-electron chi connectivity index (χ2n) is 3.54. The highest BCUT2D eigenvalue weighted by atomic mass is 16.5. The first kappa shape index (κ1) is 12.9. The summed E-state index contributed by atoms with van der Waals surface area (Å²) in [6.07, 6.45) is 2.06. The van der Waals surface area contributed by atoms with Gasteiger partial charge >= 0.3 is 0 Å². The van der Waals surface area contributed by atoms with Crippen LogP contribution in [0.1, 0.15) is 33.1 Å². The number of rotatable bonds is 8. The molecule has 0 saturated carbocycles. The molecule has 0 fully saturated rings. The van der Waals surface area contributed by atoms with Crippen molar-refractivity contribution in [1.82, 2.24) is 0 Å². The Labute approximate surface area is 80.7 Å². The molecule has 0 amide bonds. The standard InChI is InChI=1S/C10H22O3/c1-3-10(12)5-7-13-8-9(2)4-6-11/h9-12H,3-8H2,1-2H3. The average molecular weight is 190 g/mol. The predicted octanol–water partition coefficient (Wildman–Crippen LogP) is 1.18. The molecule has 3 heteroatoms. The zero-order valence-electron chi connectivity index (χ0n) is 8.70. The van der Waals surface area contributed by atoms with Gasteiger partial charge in [-0.15, -0.1) is 0 Å². The van der Waals surface area contributed by atoms with Gasteiger partial charge in [-0.1, -0.05) is 13.8 Å². The summed E-state index contributed by atoms with van der Waals surface area (Å²) in [5.41, 5.74) is 0. The maximum absolute atomic E-state index is 9.21. The van der Waals surface area contributed by atoms with Crippen molar-refractivity contribution in [2.75, 3.05) is 19.8 Å². The van der Waals surface area contributed by atoms with E-state index in [0.717, 1.165) is 12.8 Å². The largest absolute Gasteiger partial charge is 0.396 e. The Morgan fingerprint density at radius 1 is 1.31 bits per heavy atom. The molecule has 0 aliphatic rings. The Bertz CT molecular complexity index is 106. The van der Waals surface area contributed by atoms with Crippen LogP contribution in [0.3, 0.4) is 0 Å². The van der Waals surface area contributed by atoms with E-state index in [0.29, 0.717) is 25.6 Å². The van der Waals surface area contributed by atoms with Crippen molar-refractivity contribution >= 4 is 0 Å². The third-order valence-electron chi connectivity index (χ3n) is 2.09. The lowest BCUT2D eigenvalue weighted by Crippen LogP contribution is -2.13. The Kier molecular flexibility index (Phi) is 8.40. The fraction of sp³-hybridized carbons (Fsp3) is 1.00. The molecular formula is C10H22O3. The van der Waals surface area contributed by atoms with Crippen LogP contribution >= 0.6 is 0 Å². The van der Waals surface area contributed by atoms with E-state index in [4.69, 9.17) is 9.84 Å². The van der Waals surface area contributed by atoms with Gasteiger partial charge < -0.3 is 14.9 Å². The predicted molar refractivity (Wildman–Crippen MR) is 52.6 cm³/mol. The van der Waals surface area contributed by atoms with Crippen LogP contribution in [0.5, 0.6) is 0 Å². The molecule has 80 valence electrons. The molecule has 0 radical (unpaired) electrons. The molecule has 2 N–H and O–H groups in total. The maximum Gasteiger partial charge on any atom is 0.0559 e. The lowest BCUT2D eigenvalue weighted by molar-refractivity contribution is 0.0595. The SMILES string of the molecule is CCC(O)CCOCC(C)CCO. The fourth-order valence-electron chi connectivity index (χ4n) is 1.01. The van der Waals surface area contributed by atoms with Crippen LogP contribution in [0.15, 0.2) is 0 Å². The highest BCUT2D eigenvalue weighted by Crippen LogP contribution is 2.03. The minimum Gasteiger partial charge on any atom is -0.396 e. The number of hydrogen-bond acceptors (Lipinski definition) is 3. The third kappa shape index (κ3) is 8.22. The number of hydrogen-bond donors (Lipinski definition) is 2. The van der Waals surface area contributed by atoms with Crippen LogP contribution in [-0.4, -0.2) is 36.1 Å². The minimum absolute atomic E-state index is 0.224. The molecule has 3 nitrogen and oxygen atoms in total. The summed E-state index contributed by atoms with van der Waals surface area (Å²) < 4.78 is 5.35. The van der Waals surface area contributed by atoms with E-state index in [2.05, 4.69) is 0 Å². The van der Waals surface area contributed by atoms with Crippen molar-refractivity contribution in [3.05, 3.63) is 0 Å². The van der Waals surface area contributed by atoms with Gasteiger partial charge in [-0.05, 0) is 25.2 Å². The van der Waals surface area contributed by atoms with E-state index in [1.807, 2.05) is 13.8 Å². The van der Waals surface area contributed by atoms with Crippen LogP contribution in [0.2, 0.25) is 0 Å². The van der Waals surface area contributed by atoms with Gasteiger partial charge in [0.15, 0.2) is 0 Å². The van der Waals surface area contributed by atoms with Crippen molar-refractivity contribution in [2.24, 2.45) is 5.92 Å². The molecule has 0 rings (SSSR count). The second kappa shape index (κ2) is 8.48. The van der Waals surface area contributed by atoms with Crippen LogP contribution in [0, 0.1) is 5.92 Å². The Morgan fingerprint density at radius 3 is 2.54 bits per heavy atom. The Balaban J connectivity index is 3.15. The summed E-state index contributed by atoms with van der Waals surface area (Å²) in [6, 6.07) is 0. The van der Waals surface area contributed by atoms with E-state index in [-0.39, 0.29) is 12.7 Å². The molecule has 0 aliphatic heterocycles. The molecule has 2 atom stereocenters. The lowest BCUT2D eigenvalue weighted by atomic mass is 10.1. The molecule has 0 aromatic rings. The topological polar surface area (TPSA) is 49.7 Å². The first-order valence-corrected chi connectivity index (χ1v) is 5.07. The maximum atomic E-state index is 9.21. The summed E-state index contributed by atoms with van der Waals surface area (Å²) in [5.74, 6) is 0.406. The van der Waals surface area contributed by atoms with Gasteiger partial charge in [-0.3, -0.25) is 0 Å². The van der Waals surface area contributed by atoms with Crippen molar-refractivity contribution in [2.45, 2.75) is 39.2 Å². The van der Waals surface area contributed by atoms with Crippen LogP contribution in [-0.2, 0) is 4.74 Å². The summed E-state index contributed by atoms with van der Waals surface area (Å²) in [5, 5.41) is 17.8. The molecule has 0 bridgehead atoms. The van der Waals surface area contributed by atoms with Crippen LogP contribution in [0.4, 0.5) is 0 Å². The fourth-order valence-corrected chi connectivity index (χ4v) is 1.01. The van der Waals surface area contributed by atoms with Crippen molar-refractivity contribution in [3.63, 3.8) is 0 Å². The van der Waals surface area contributed by atoms with Gasteiger partial charge in [0.05, 0.1) is 6.10 Å². The van der Waals surface area contributed by atoms with Gasteiger partial charge in [0, 0.05) is 19.8 Å². The molecule has 0 saturated heterocycles. The molecule has 0 aliphatic carbocycles. The molecule has 0 heterocycles. The lowest BCUT2D eigenvalue weighted by Gasteiger charge is -2.11. The molecular weight excluding hydrogens is 168 g/mol. The molecule has 2 unspecified atom stereocenters. The van der Waals surface area contributed by atoms with Gasteiger partial charge in [0.1, 0.15) is 0 Å². The van der Waals surface area contributed by atoms with E-state index in [1.54, 1.807) is 0 Å². The van der Waals surface area contributed by atoms with E-state index < -0.39 is 0 Å². The summed E-state index contributed by atoms with van der Waals surface area (Å²) >= 11 is 0. The smallest absolute Gasteiger partial charge is 0.0559 e. The molecule has 13 heavy (non-hydrogen) atoms. The highest BCUT2D eigenvalue weighted by Gasteiger charge is 2.03. The summed E-state index contributed by atoms with van der Waals surface area (Å²) in [7, 11) is 0. The third-order valence-corrected chi connectivity index (χ3v) is 2.09. The quantitative estimate of drug-likeness (QED) is 0.565. The zero-order chi connectivity index (χ0) is 10.1. The van der Waals surface area contributed by atoms with E-state index in [1.165, 1.54) is 0 Å². The zero-order valence-corrected chi connectivity index (χ0v) is 8.70. The number of ether oxygens (including phenoxy) is 1. The first-order valence-electron chi connectivity index (χ1n) is 5.07. The second-order valence-corrected chi connectivity index (χ2v) is 3.54. The van der Waals surface area contributed by atoms with E-state index in [9.17, 15) is 5.11 Å². The molecule has 0 aromatic carbocycles. The van der Waals surface area contributed by atoms with Gasteiger partial charge in [0.25, 0.3) is 0 Å². The summed E-state index contributed by atoms with van der Waals surface area (Å²) in [4.78, 5) is 0. The minimum atomic E-state index is -0.229. The van der Waals surface area contributed by atoms with Crippen molar-refractivity contribution < 1.29 is 14.9 Å². The number of aliphatic hydroxyl groups excluding tert-OH is 2. The Hall–Kier alpha value is -0.120. The van der Waals surface area contributed by atoms with Gasteiger partial charge in [0.2, 0.25) is 0 Å². The van der Waals surface area contributed by atoms with Crippen molar-refractivity contribution in [3.8, 4) is 0 Å². The number of aliphatic hydroxyl groups is 2. The molecule has 0 aromatic heterocycles. The normalized spacial score (nSPS) is 15.7. The average Bonchev–Trinajstić information content (AvgIpc) is 2.12. The van der Waals surface area contributed by atoms with Gasteiger partial charge in [-0.25, -0.2) is 0 Å². The van der Waals surface area contributed by atoms with Gasteiger partial charge in [-0.2, -0.15) is 0 Å². The molecule has 0 spiro atoms. The van der Waals surface area contributed by atoms with Crippen LogP contribution in [0.25, 0.3) is 0 Å². The van der Waals surface area contributed by atoms with Crippen molar-refractivity contribution in [1.29, 1.82) is 0 Å². The van der Waals surface area contributed by atoms with E-state index >= 15 is 0 Å².